The predicted octanol–water partition coefficient (Wildman–Crippen LogP) is 1.13. The number of likely N-dealkylation sites (N-methyl/N-ethyl adjacent to an activating group) is 1. The Bertz CT molecular complexity index is 906. The zero-order valence-electron chi connectivity index (χ0n) is 15.9. The second-order valence-corrected chi connectivity index (χ2v) is 9.94. The highest BCUT2D eigenvalue weighted by molar-refractivity contribution is 7.89. The van der Waals surface area contributed by atoms with E-state index in [1.54, 1.807) is 6.20 Å². The van der Waals surface area contributed by atoms with E-state index in [9.17, 15) is 17.2 Å². The van der Waals surface area contributed by atoms with Gasteiger partial charge in [-0.3, -0.25) is 9.80 Å². The van der Waals surface area contributed by atoms with Crippen LogP contribution in [0.5, 0.6) is 0 Å². The van der Waals surface area contributed by atoms with E-state index < -0.39 is 15.9 Å². The molecule has 1 aliphatic carbocycles. The second-order valence-electron chi connectivity index (χ2n) is 8.10. The maximum absolute atomic E-state index is 14.3. The van der Waals surface area contributed by atoms with Gasteiger partial charge in [-0.25, -0.2) is 17.2 Å². The topological polar surface area (TPSA) is 84.5 Å². The summed E-state index contributed by atoms with van der Waals surface area (Å²) in [4.78, 5) is 4.26. The lowest BCUT2D eigenvalue weighted by molar-refractivity contribution is 0.0366. The van der Waals surface area contributed by atoms with Crippen molar-refractivity contribution in [2.75, 3.05) is 19.8 Å². The molecule has 0 radical (unpaired) electrons. The molecule has 1 aromatic heterocycles. The van der Waals surface area contributed by atoms with Gasteiger partial charge in [0.1, 0.15) is 11.7 Å². The molecule has 0 spiro atoms. The Hall–Kier alpha value is -1.62. The van der Waals surface area contributed by atoms with Crippen molar-refractivity contribution in [3.05, 3.63) is 41.3 Å². The second kappa shape index (κ2) is 7.01. The third-order valence-electron chi connectivity index (χ3n) is 6.03. The van der Waals surface area contributed by atoms with Crippen molar-refractivity contribution in [2.45, 2.75) is 44.1 Å². The molecular weight excluding hydrogens is 388 g/mol. The summed E-state index contributed by atoms with van der Waals surface area (Å²) in [5.41, 5.74) is 8.09. The monoisotopic (exact) mass is 413 g/mol. The number of allylic oxidation sites excluding steroid dienone is 3. The SMILES string of the molecule is CN1CC(N2Cc3cn(S(C)(=O)=O)nc3C2)CC(N)[C@H]1C1CC(F)=CC=C1F. The Kier molecular flexibility index (Phi) is 4.93. The van der Waals surface area contributed by atoms with Crippen LogP contribution in [0.2, 0.25) is 0 Å². The van der Waals surface area contributed by atoms with Crippen molar-refractivity contribution in [2.24, 2.45) is 11.7 Å². The van der Waals surface area contributed by atoms with E-state index in [0.29, 0.717) is 26.1 Å². The zero-order valence-corrected chi connectivity index (χ0v) is 16.7. The van der Waals surface area contributed by atoms with Gasteiger partial charge >= 0.3 is 0 Å². The van der Waals surface area contributed by atoms with Gasteiger partial charge in [-0.05, 0) is 25.6 Å². The van der Waals surface area contributed by atoms with E-state index in [2.05, 4.69) is 10.00 Å². The molecule has 3 aliphatic rings. The Labute approximate surface area is 163 Å². The summed E-state index contributed by atoms with van der Waals surface area (Å²) in [7, 11) is -1.49. The molecule has 154 valence electrons. The van der Waals surface area contributed by atoms with Crippen molar-refractivity contribution in [1.29, 1.82) is 0 Å². The average Bonchev–Trinajstić information content (AvgIpc) is 3.16. The largest absolute Gasteiger partial charge is 0.326 e. The lowest BCUT2D eigenvalue weighted by Gasteiger charge is -2.47. The highest BCUT2D eigenvalue weighted by Crippen LogP contribution is 2.37. The number of hydrogen-bond donors (Lipinski definition) is 1. The summed E-state index contributed by atoms with van der Waals surface area (Å²) in [6.07, 6.45) is 5.79. The number of piperidine rings is 1. The van der Waals surface area contributed by atoms with Gasteiger partial charge in [-0.1, -0.05) is 0 Å². The summed E-state index contributed by atoms with van der Waals surface area (Å²) in [5.74, 6) is -1.19. The number of nitrogens with two attached hydrogens (primary N) is 1. The van der Waals surface area contributed by atoms with Crippen molar-refractivity contribution in [3.63, 3.8) is 0 Å². The molecule has 1 fully saturated rings. The number of fused-ring (bicyclic) bond motifs is 1. The van der Waals surface area contributed by atoms with Crippen LogP contribution in [0.15, 0.2) is 30.0 Å². The number of aromatic nitrogens is 2. The van der Waals surface area contributed by atoms with Gasteiger partial charge in [-0.15, -0.1) is 0 Å². The van der Waals surface area contributed by atoms with Crippen molar-refractivity contribution < 1.29 is 17.2 Å². The molecule has 0 saturated carbocycles. The molecule has 4 rings (SSSR count). The smallest absolute Gasteiger partial charge is 0.250 e. The molecule has 1 saturated heterocycles. The van der Waals surface area contributed by atoms with E-state index in [-0.39, 0.29) is 36.2 Å². The standard InChI is InChI=1S/C18H25F2N5O2S/c1-23-9-13(6-16(21)18(23)14-5-12(19)3-4-15(14)20)24-7-11-8-25(28(2,26)27)22-17(11)10-24/h3-4,8,13-14,16,18H,5-7,9-10,21H2,1-2H3/t13?,14?,16?,18-/m1/s1. The van der Waals surface area contributed by atoms with E-state index >= 15 is 0 Å². The summed E-state index contributed by atoms with van der Waals surface area (Å²) < 4.78 is 52.3. The summed E-state index contributed by atoms with van der Waals surface area (Å²) >= 11 is 0. The first kappa shape index (κ1) is 19.7. The quantitative estimate of drug-likeness (QED) is 0.800. The van der Waals surface area contributed by atoms with Crippen LogP contribution >= 0.6 is 0 Å². The number of halogens is 2. The third-order valence-corrected chi connectivity index (χ3v) is 6.90. The first-order valence-corrected chi connectivity index (χ1v) is 11.2. The van der Waals surface area contributed by atoms with Gasteiger partial charge in [0, 0.05) is 61.9 Å². The molecule has 4 atom stereocenters. The Balaban J connectivity index is 1.44. The number of nitrogens with zero attached hydrogens (tertiary/aromatic N) is 4. The van der Waals surface area contributed by atoms with E-state index in [1.807, 2.05) is 11.9 Å². The summed E-state index contributed by atoms with van der Waals surface area (Å²) in [6, 6.07) is -0.401. The van der Waals surface area contributed by atoms with Crippen molar-refractivity contribution in [3.8, 4) is 0 Å². The fourth-order valence-electron chi connectivity index (χ4n) is 4.71. The molecule has 2 aliphatic heterocycles. The van der Waals surface area contributed by atoms with Crippen LogP contribution in [0.25, 0.3) is 0 Å². The van der Waals surface area contributed by atoms with Crippen LogP contribution in [0, 0.1) is 5.92 Å². The summed E-state index contributed by atoms with van der Waals surface area (Å²) in [6.45, 7) is 1.85. The Morgan fingerprint density at radius 2 is 2.00 bits per heavy atom. The molecule has 0 bridgehead atoms. The average molecular weight is 413 g/mol. The Morgan fingerprint density at radius 1 is 1.25 bits per heavy atom. The molecule has 2 N–H and O–H groups in total. The Morgan fingerprint density at radius 3 is 2.64 bits per heavy atom. The zero-order chi connectivity index (χ0) is 20.2. The number of likely N-dealkylation sites (tertiary alicyclic amines) is 1. The van der Waals surface area contributed by atoms with Crippen LogP contribution in [0.3, 0.4) is 0 Å². The number of hydrogen-bond acceptors (Lipinski definition) is 6. The molecule has 0 aromatic carbocycles. The minimum absolute atomic E-state index is 0.0461. The highest BCUT2D eigenvalue weighted by atomic mass is 32.2. The van der Waals surface area contributed by atoms with Crippen LogP contribution in [-0.4, -0.2) is 65.4 Å². The van der Waals surface area contributed by atoms with E-state index in [1.165, 1.54) is 12.2 Å². The molecule has 3 unspecified atom stereocenters. The minimum atomic E-state index is -3.39. The van der Waals surface area contributed by atoms with Gasteiger partial charge in [0.25, 0.3) is 10.0 Å². The van der Waals surface area contributed by atoms with Gasteiger partial charge in [0.05, 0.1) is 11.9 Å². The normalized spacial score (nSPS) is 32.2. The lowest BCUT2D eigenvalue weighted by Crippen LogP contribution is -2.61. The molecule has 28 heavy (non-hydrogen) atoms. The fraction of sp³-hybridized carbons (Fsp3) is 0.611. The van der Waals surface area contributed by atoms with Crippen LogP contribution in [-0.2, 0) is 23.1 Å². The van der Waals surface area contributed by atoms with Crippen LogP contribution < -0.4 is 5.73 Å². The van der Waals surface area contributed by atoms with Gasteiger partial charge in [0.15, 0.2) is 0 Å². The minimum Gasteiger partial charge on any atom is -0.326 e. The summed E-state index contributed by atoms with van der Waals surface area (Å²) in [5, 5.41) is 4.19. The maximum Gasteiger partial charge on any atom is 0.250 e. The highest BCUT2D eigenvalue weighted by Gasteiger charge is 2.42. The van der Waals surface area contributed by atoms with E-state index in [4.69, 9.17) is 5.73 Å². The van der Waals surface area contributed by atoms with Gasteiger partial charge in [0.2, 0.25) is 0 Å². The predicted molar refractivity (Wildman–Crippen MR) is 101 cm³/mol. The van der Waals surface area contributed by atoms with Crippen molar-refractivity contribution >= 4 is 10.0 Å². The molecule has 10 heteroatoms. The van der Waals surface area contributed by atoms with Crippen molar-refractivity contribution in [1.82, 2.24) is 19.0 Å². The fourth-order valence-corrected chi connectivity index (χ4v) is 5.28. The van der Waals surface area contributed by atoms with Gasteiger partial charge < -0.3 is 5.73 Å². The molecular formula is C18H25F2N5O2S. The number of rotatable bonds is 3. The first-order chi connectivity index (χ1) is 13.1. The third kappa shape index (κ3) is 3.54. The maximum atomic E-state index is 14.3. The molecule has 1 aromatic rings. The first-order valence-electron chi connectivity index (χ1n) is 9.33. The molecule has 7 nitrogen and oxygen atoms in total. The van der Waals surface area contributed by atoms with E-state index in [0.717, 1.165) is 21.6 Å². The lowest BCUT2D eigenvalue weighted by atomic mass is 9.81. The van der Waals surface area contributed by atoms with Crippen LogP contribution in [0.1, 0.15) is 24.1 Å². The molecule has 0 amide bonds. The van der Waals surface area contributed by atoms with Crippen LogP contribution in [0.4, 0.5) is 8.78 Å². The van der Waals surface area contributed by atoms with Gasteiger partial charge in [-0.2, -0.15) is 9.19 Å². The molecule has 3 heterocycles.